The van der Waals surface area contributed by atoms with Crippen LogP contribution in [-0.2, 0) is 4.79 Å². The number of hydrogen-bond acceptors (Lipinski definition) is 3. The second-order valence-corrected chi connectivity index (χ2v) is 4.26. The third-order valence-electron chi connectivity index (χ3n) is 2.33. The van der Waals surface area contributed by atoms with Gasteiger partial charge in [0.2, 0.25) is 0 Å². The predicted octanol–water partition coefficient (Wildman–Crippen LogP) is 3.03. The lowest BCUT2D eigenvalue weighted by atomic mass is 10.0. The zero-order valence-corrected chi connectivity index (χ0v) is 9.41. The molecule has 3 nitrogen and oxygen atoms in total. The van der Waals surface area contributed by atoms with Crippen LogP contribution >= 0.6 is 11.9 Å². The molecule has 0 saturated carbocycles. The summed E-state index contributed by atoms with van der Waals surface area (Å²) < 4.78 is 4.16. The van der Waals surface area contributed by atoms with Crippen molar-refractivity contribution in [1.29, 1.82) is 0 Å². The third-order valence-corrected chi connectivity index (χ3v) is 3.11. The van der Waals surface area contributed by atoms with Gasteiger partial charge in [-0.3, -0.25) is 4.79 Å². The molecule has 0 aromatic heterocycles. The van der Waals surface area contributed by atoms with E-state index in [1.165, 1.54) is 11.9 Å². The van der Waals surface area contributed by atoms with Gasteiger partial charge in [-0.05, 0) is 29.7 Å². The summed E-state index contributed by atoms with van der Waals surface area (Å²) in [4.78, 5) is 11.7. The minimum absolute atomic E-state index is 0.151. The molecule has 4 heteroatoms. The zero-order valence-electron chi connectivity index (χ0n) is 8.59. The Morgan fingerprint density at radius 3 is 3.00 bits per heavy atom. The van der Waals surface area contributed by atoms with Crippen molar-refractivity contribution in [3.05, 3.63) is 35.9 Å². The Hall–Kier alpha value is -1.55. The van der Waals surface area contributed by atoms with E-state index >= 15 is 0 Å². The van der Waals surface area contributed by atoms with Crippen LogP contribution in [-0.4, -0.2) is 17.3 Å². The monoisotopic (exact) mass is 233 g/mol. The first-order valence-corrected chi connectivity index (χ1v) is 5.75. The van der Waals surface area contributed by atoms with Crippen molar-refractivity contribution >= 4 is 29.7 Å². The molecule has 0 bridgehead atoms. The quantitative estimate of drug-likeness (QED) is 0.816. The first kappa shape index (κ1) is 11.0. The van der Waals surface area contributed by atoms with Gasteiger partial charge in [0.15, 0.2) is 0 Å². The van der Waals surface area contributed by atoms with E-state index in [-0.39, 0.29) is 6.42 Å². The van der Waals surface area contributed by atoms with Gasteiger partial charge in [0.05, 0.1) is 0 Å². The fraction of sp³-hybridized carbons (Fsp3) is 0.167. The van der Waals surface area contributed by atoms with Crippen molar-refractivity contribution in [2.24, 2.45) is 4.40 Å². The van der Waals surface area contributed by atoms with E-state index in [2.05, 4.69) is 4.40 Å². The molecule has 82 valence electrons. The lowest BCUT2D eigenvalue weighted by Crippen LogP contribution is -1.96. The first-order valence-electron chi connectivity index (χ1n) is 4.98. The van der Waals surface area contributed by atoms with Crippen molar-refractivity contribution in [2.75, 3.05) is 0 Å². The standard InChI is InChI=1S/C12H11NO2S/c14-12(15)6-5-9-7-8-13-16-11-4-2-1-3-10(9)11/h1-4,7-8H,5-6H2,(H,14,15). The number of rotatable bonds is 3. The Labute approximate surface area is 98.0 Å². The maximum absolute atomic E-state index is 10.6. The molecule has 16 heavy (non-hydrogen) atoms. The zero-order chi connectivity index (χ0) is 11.4. The highest BCUT2D eigenvalue weighted by atomic mass is 32.2. The van der Waals surface area contributed by atoms with Crippen LogP contribution in [0.4, 0.5) is 0 Å². The molecule has 0 unspecified atom stereocenters. The van der Waals surface area contributed by atoms with E-state index < -0.39 is 5.97 Å². The van der Waals surface area contributed by atoms with Crippen molar-refractivity contribution < 1.29 is 9.90 Å². The molecular weight excluding hydrogens is 222 g/mol. The Morgan fingerprint density at radius 2 is 2.19 bits per heavy atom. The summed E-state index contributed by atoms with van der Waals surface area (Å²) in [7, 11) is 0. The van der Waals surface area contributed by atoms with Gasteiger partial charge in [0.1, 0.15) is 0 Å². The highest BCUT2D eigenvalue weighted by Crippen LogP contribution is 2.32. The molecule has 0 amide bonds. The largest absolute Gasteiger partial charge is 0.481 e. The predicted molar refractivity (Wildman–Crippen MR) is 65.6 cm³/mol. The molecule has 0 fully saturated rings. The molecule has 1 aliphatic rings. The van der Waals surface area contributed by atoms with Crippen LogP contribution in [0, 0.1) is 0 Å². The van der Waals surface area contributed by atoms with Crippen LogP contribution in [0.25, 0.3) is 5.57 Å². The van der Waals surface area contributed by atoms with Crippen LogP contribution in [0.5, 0.6) is 0 Å². The molecule has 1 aromatic rings. The summed E-state index contributed by atoms with van der Waals surface area (Å²) in [5, 5.41) is 8.70. The molecule has 0 radical (unpaired) electrons. The number of benzene rings is 1. The maximum atomic E-state index is 10.6. The van der Waals surface area contributed by atoms with Crippen molar-refractivity contribution in [2.45, 2.75) is 17.7 Å². The highest BCUT2D eigenvalue weighted by Gasteiger charge is 2.10. The average molecular weight is 233 g/mol. The number of carboxylic acids is 1. The Bertz CT molecular complexity index is 466. The molecule has 1 aromatic carbocycles. The molecule has 1 heterocycles. The fourth-order valence-corrected chi connectivity index (χ4v) is 2.24. The van der Waals surface area contributed by atoms with Crippen LogP contribution in [0.3, 0.4) is 0 Å². The van der Waals surface area contributed by atoms with Gasteiger partial charge in [0.25, 0.3) is 0 Å². The van der Waals surface area contributed by atoms with Crippen molar-refractivity contribution in [3.63, 3.8) is 0 Å². The number of nitrogens with zero attached hydrogens (tertiary/aromatic N) is 1. The SMILES string of the molecule is O=C(O)CCC1=CC=NSc2ccccc21. The van der Waals surface area contributed by atoms with Crippen LogP contribution in [0.15, 0.2) is 39.6 Å². The van der Waals surface area contributed by atoms with E-state index in [1.54, 1.807) is 6.21 Å². The average Bonchev–Trinajstić information content (AvgIpc) is 2.48. The molecule has 1 N–H and O–H groups in total. The molecule has 0 saturated heterocycles. The molecule has 2 rings (SSSR count). The van der Waals surface area contributed by atoms with E-state index in [4.69, 9.17) is 5.11 Å². The molecule has 0 atom stereocenters. The lowest BCUT2D eigenvalue weighted by Gasteiger charge is -2.07. The van der Waals surface area contributed by atoms with Gasteiger partial charge in [-0.1, -0.05) is 18.2 Å². The van der Waals surface area contributed by atoms with Crippen molar-refractivity contribution in [1.82, 2.24) is 0 Å². The minimum Gasteiger partial charge on any atom is -0.481 e. The number of allylic oxidation sites excluding steroid dienone is 2. The summed E-state index contributed by atoms with van der Waals surface area (Å²) in [5.74, 6) is -0.771. The highest BCUT2D eigenvalue weighted by molar-refractivity contribution is 7.98. The van der Waals surface area contributed by atoms with Crippen LogP contribution in [0.2, 0.25) is 0 Å². The van der Waals surface area contributed by atoms with Gasteiger partial charge in [-0.15, -0.1) is 0 Å². The Kier molecular flexibility index (Phi) is 3.41. The van der Waals surface area contributed by atoms with Gasteiger partial charge in [-0.25, -0.2) is 4.40 Å². The van der Waals surface area contributed by atoms with Crippen LogP contribution < -0.4 is 0 Å². The van der Waals surface area contributed by atoms with E-state index in [9.17, 15) is 4.79 Å². The first-order chi connectivity index (χ1) is 7.77. The summed E-state index contributed by atoms with van der Waals surface area (Å²) in [5.41, 5.74) is 2.12. The van der Waals surface area contributed by atoms with Gasteiger partial charge < -0.3 is 5.11 Å². The number of fused-ring (bicyclic) bond motifs is 1. The van der Waals surface area contributed by atoms with Gasteiger partial charge in [-0.2, -0.15) is 0 Å². The normalized spacial score (nSPS) is 13.9. The molecule has 0 spiro atoms. The Morgan fingerprint density at radius 1 is 1.38 bits per heavy atom. The van der Waals surface area contributed by atoms with Crippen molar-refractivity contribution in [3.8, 4) is 0 Å². The number of hydrogen-bond donors (Lipinski definition) is 1. The fourth-order valence-electron chi connectivity index (χ4n) is 1.57. The number of aliphatic carboxylic acids is 1. The lowest BCUT2D eigenvalue weighted by molar-refractivity contribution is -0.136. The number of carboxylic acid groups (broad SMARTS) is 1. The summed E-state index contributed by atoms with van der Waals surface area (Å²) in [6.07, 6.45) is 4.31. The Balaban J connectivity index is 2.27. The summed E-state index contributed by atoms with van der Waals surface area (Å²) in [6.45, 7) is 0. The minimum atomic E-state index is -0.771. The topological polar surface area (TPSA) is 49.7 Å². The van der Waals surface area contributed by atoms with Gasteiger partial charge >= 0.3 is 5.97 Å². The maximum Gasteiger partial charge on any atom is 0.303 e. The smallest absolute Gasteiger partial charge is 0.303 e. The molecular formula is C12H11NO2S. The third kappa shape index (κ3) is 2.52. The van der Waals surface area contributed by atoms with E-state index in [0.717, 1.165) is 16.0 Å². The summed E-state index contributed by atoms with van der Waals surface area (Å²) >= 11 is 1.42. The van der Waals surface area contributed by atoms with Crippen LogP contribution in [0.1, 0.15) is 18.4 Å². The summed E-state index contributed by atoms with van der Waals surface area (Å²) in [6, 6.07) is 7.92. The molecule has 0 aliphatic carbocycles. The second kappa shape index (κ2) is 4.99. The number of carbonyl (C=O) groups is 1. The second-order valence-electron chi connectivity index (χ2n) is 3.43. The van der Waals surface area contributed by atoms with E-state index in [1.807, 2.05) is 30.3 Å². The van der Waals surface area contributed by atoms with Gasteiger partial charge in [0, 0.05) is 29.5 Å². The molecule has 1 aliphatic heterocycles. The van der Waals surface area contributed by atoms with E-state index in [0.29, 0.717) is 6.42 Å².